The second kappa shape index (κ2) is 10.7. The molecule has 1 aromatic rings. The first-order chi connectivity index (χ1) is 10.7. The zero-order chi connectivity index (χ0) is 15.8. The molecule has 1 fully saturated rings. The van der Waals surface area contributed by atoms with Crippen LogP contribution in [0.1, 0.15) is 24.8 Å². The van der Waals surface area contributed by atoms with Gasteiger partial charge in [0.25, 0.3) is 0 Å². The van der Waals surface area contributed by atoms with Crippen molar-refractivity contribution in [3.05, 3.63) is 29.8 Å². The predicted octanol–water partition coefficient (Wildman–Crippen LogP) is 2.89. The van der Waals surface area contributed by atoms with Gasteiger partial charge in [-0.25, -0.2) is 0 Å². The molecule has 130 valence electrons. The van der Waals surface area contributed by atoms with Gasteiger partial charge >= 0.3 is 0 Å². The van der Waals surface area contributed by atoms with Gasteiger partial charge in [0.15, 0.2) is 5.96 Å². The van der Waals surface area contributed by atoms with Crippen molar-refractivity contribution >= 4 is 29.9 Å². The lowest BCUT2D eigenvalue weighted by molar-refractivity contribution is 0.105. The summed E-state index contributed by atoms with van der Waals surface area (Å²) in [5.41, 5.74) is 1.23. The van der Waals surface area contributed by atoms with Gasteiger partial charge in [0.05, 0.1) is 13.2 Å². The molecule has 0 amide bonds. The fourth-order valence-corrected chi connectivity index (χ4v) is 2.68. The number of ether oxygens (including phenoxy) is 2. The van der Waals surface area contributed by atoms with Crippen molar-refractivity contribution in [1.29, 1.82) is 0 Å². The first-order valence-corrected chi connectivity index (χ1v) is 7.89. The van der Waals surface area contributed by atoms with E-state index in [9.17, 15) is 0 Å². The molecule has 23 heavy (non-hydrogen) atoms. The fourth-order valence-electron chi connectivity index (χ4n) is 2.68. The standard InChI is InChI=1S/C17H27N3O2.HI/c1-18-17(19-11-10-16-5-4-12-22-16)20(2)13-14-6-8-15(21-3)9-7-14;/h6-9,16H,4-5,10-13H2,1-3H3,(H,18,19);1H. The van der Waals surface area contributed by atoms with Crippen molar-refractivity contribution in [3.8, 4) is 5.75 Å². The van der Waals surface area contributed by atoms with Crippen molar-refractivity contribution in [2.45, 2.75) is 31.9 Å². The fraction of sp³-hybridized carbons (Fsp3) is 0.588. The summed E-state index contributed by atoms with van der Waals surface area (Å²) in [7, 11) is 5.55. The number of benzene rings is 1. The van der Waals surface area contributed by atoms with Gasteiger partial charge in [-0.2, -0.15) is 0 Å². The van der Waals surface area contributed by atoms with E-state index in [1.807, 2.05) is 26.2 Å². The summed E-state index contributed by atoms with van der Waals surface area (Å²) < 4.78 is 10.8. The average Bonchev–Trinajstić information content (AvgIpc) is 3.05. The predicted molar refractivity (Wildman–Crippen MR) is 105 cm³/mol. The molecule has 0 radical (unpaired) electrons. The van der Waals surface area contributed by atoms with E-state index in [0.717, 1.165) is 37.8 Å². The van der Waals surface area contributed by atoms with E-state index < -0.39 is 0 Å². The van der Waals surface area contributed by atoms with Gasteiger partial charge in [0.2, 0.25) is 0 Å². The van der Waals surface area contributed by atoms with E-state index in [0.29, 0.717) is 6.10 Å². The summed E-state index contributed by atoms with van der Waals surface area (Å²) in [6.07, 6.45) is 3.83. The lowest BCUT2D eigenvalue weighted by Crippen LogP contribution is -2.39. The lowest BCUT2D eigenvalue weighted by atomic mass is 10.2. The van der Waals surface area contributed by atoms with Gasteiger partial charge in [-0.05, 0) is 37.0 Å². The number of rotatable bonds is 6. The largest absolute Gasteiger partial charge is 0.497 e. The normalized spacial score (nSPS) is 17.5. The van der Waals surface area contributed by atoms with E-state index in [4.69, 9.17) is 9.47 Å². The Bertz CT molecular complexity index is 473. The molecule has 1 aromatic carbocycles. The van der Waals surface area contributed by atoms with E-state index in [-0.39, 0.29) is 24.0 Å². The van der Waals surface area contributed by atoms with Crippen LogP contribution in [-0.2, 0) is 11.3 Å². The Morgan fingerprint density at radius 3 is 2.70 bits per heavy atom. The Hall–Kier alpha value is -1.02. The molecule has 1 heterocycles. The van der Waals surface area contributed by atoms with Gasteiger partial charge in [0, 0.05) is 33.8 Å². The minimum Gasteiger partial charge on any atom is -0.497 e. The number of guanidine groups is 1. The number of halogens is 1. The number of hydrogen-bond acceptors (Lipinski definition) is 3. The Morgan fingerprint density at radius 2 is 2.13 bits per heavy atom. The van der Waals surface area contributed by atoms with Crippen LogP contribution < -0.4 is 10.1 Å². The molecule has 6 heteroatoms. The minimum absolute atomic E-state index is 0. The molecule has 0 spiro atoms. The third kappa shape index (κ3) is 6.55. The molecule has 1 aliphatic rings. The number of methoxy groups -OCH3 is 1. The van der Waals surface area contributed by atoms with Crippen LogP contribution in [0.2, 0.25) is 0 Å². The molecule has 0 saturated carbocycles. The molecule has 1 N–H and O–H groups in total. The number of hydrogen-bond donors (Lipinski definition) is 1. The highest BCUT2D eigenvalue weighted by Gasteiger charge is 2.15. The Labute approximate surface area is 156 Å². The van der Waals surface area contributed by atoms with Crippen molar-refractivity contribution < 1.29 is 9.47 Å². The van der Waals surface area contributed by atoms with Crippen LogP contribution >= 0.6 is 24.0 Å². The van der Waals surface area contributed by atoms with Gasteiger partial charge in [-0.1, -0.05) is 12.1 Å². The zero-order valence-corrected chi connectivity index (χ0v) is 16.6. The smallest absolute Gasteiger partial charge is 0.193 e. The summed E-state index contributed by atoms with van der Waals surface area (Å²) >= 11 is 0. The second-order valence-corrected chi connectivity index (χ2v) is 5.60. The molecule has 1 saturated heterocycles. The maximum atomic E-state index is 5.64. The van der Waals surface area contributed by atoms with Crippen molar-refractivity contribution in [3.63, 3.8) is 0 Å². The van der Waals surface area contributed by atoms with Crippen LogP contribution in [0.5, 0.6) is 5.75 Å². The third-order valence-electron chi connectivity index (χ3n) is 3.93. The summed E-state index contributed by atoms with van der Waals surface area (Å²) in [4.78, 5) is 6.47. The lowest BCUT2D eigenvalue weighted by Gasteiger charge is -2.23. The Kier molecular flexibility index (Phi) is 9.31. The van der Waals surface area contributed by atoms with Crippen LogP contribution in [0.4, 0.5) is 0 Å². The van der Waals surface area contributed by atoms with E-state index in [1.54, 1.807) is 7.11 Å². The summed E-state index contributed by atoms with van der Waals surface area (Å²) in [6.45, 7) is 2.62. The summed E-state index contributed by atoms with van der Waals surface area (Å²) in [5, 5.41) is 3.41. The molecule has 0 aliphatic carbocycles. The van der Waals surface area contributed by atoms with Crippen LogP contribution in [0.15, 0.2) is 29.3 Å². The molecule has 5 nitrogen and oxygen atoms in total. The van der Waals surface area contributed by atoms with Crippen molar-refractivity contribution in [2.24, 2.45) is 4.99 Å². The SMILES string of the molecule is CN=C(NCCC1CCCO1)N(C)Cc1ccc(OC)cc1.I. The summed E-state index contributed by atoms with van der Waals surface area (Å²) in [5.74, 6) is 1.79. The van der Waals surface area contributed by atoms with E-state index >= 15 is 0 Å². The van der Waals surface area contributed by atoms with Crippen LogP contribution in [0.3, 0.4) is 0 Å². The molecule has 2 rings (SSSR count). The quantitative estimate of drug-likeness (QED) is 0.426. The topological polar surface area (TPSA) is 46.1 Å². The van der Waals surface area contributed by atoms with Gasteiger partial charge in [-0.15, -0.1) is 24.0 Å². The van der Waals surface area contributed by atoms with Crippen LogP contribution in [-0.4, -0.2) is 51.3 Å². The highest BCUT2D eigenvalue weighted by Crippen LogP contribution is 2.15. The van der Waals surface area contributed by atoms with Crippen LogP contribution in [0.25, 0.3) is 0 Å². The third-order valence-corrected chi connectivity index (χ3v) is 3.93. The van der Waals surface area contributed by atoms with Gasteiger partial charge in [-0.3, -0.25) is 4.99 Å². The molecule has 1 atom stereocenters. The minimum atomic E-state index is 0. The molecule has 1 unspecified atom stereocenters. The highest BCUT2D eigenvalue weighted by atomic mass is 127. The second-order valence-electron chi connectivity index (χ2n) is 5.60. The number of aliphatic imine (C=N–C) groups is 1. The van der Waals surface area contributed by atoms with Gasteiger partial charge in [0.1, 0.15) is 5.75 Å². The zero-order valence-electron chi connectivity index (χ0n) is 14.2. The highest BCUT2D eigenvalue weighted by molar-refractivity contribution is 14.0. The molecule has 1 aliphatic heterocycles. The van der Waals surface area contributed by atoms with Crippen molar-refractivity contribution in [2.75, 3.05) is 34.4 Å². The van der Waals surface area contributed by atoms with E-state index in [1.165, 1.54) is 18.4 Å². The van der Waals surface area contributed by atoms with Crippen molar-refractivity contribution in [1.82, 2.24) is 10.2 Å². The number of nitrogens with zero attached hydrogens (tertiary/aromatic N) is 2. The Morgan fingerprint density at radius 1 is 1.39 bits per heavy atom. The molecule has 0 bridgehead atoms. The summed E-state index contributed by atoms with van der Waals surface area (Å²) in [6, 6.07) is 8.12. The monoisotopic (exact) mass is 433 g/mol. The Balaban J connectivity index is 0.00000264. The van der Waals surface area contributed by atoms with Crippen LogP contribution in [0, 0.1) is 0 Å². The maximum Gasteiger partial charge on any atom is 0.193 e. The molecule has 0 aromatic heterocycles. The number of nitrogens with one attached hydrogen (secondary N) is 1. The molecular formula is C17H28IN3O2. The average molecular weight is 433 g/mol. The maximum absolute atomic E-state index is 5.64. The first-order valence-electron chi connectivity index (χ1n) is 7.89. The van der Waals surface area contributed by atoms with E-state index in [2.05, 4.69) is 27.3 Å². The van der Waals surface area contributed by atoms with Gasteiger partial charge < -0.3 is 19.7 Å². The molecular weight excluding hydrogens is 405 g/mol. The first kappa shape index (κ1) is 20.0.